The van der Waals surface area contributed by atoms with Crippen LogP contribution in [0.3, 0.4) is 0 Å². The first-order chi connectivity index (χ1) is 26.1. The largest absolute Gasteiger partial charge is 0.370 e. The molecule has 0 saturated carbocycles. The lowest BCUT2D eigenvalue weighted by Crippen LogP contribution is -2.59. The molecule has 54 heavy (non-hydrogen) atoms. The molecule has 6 N–H and O–H groups in total. The zero-order valence-corrected chi connectivity index (χ0v) is 33.7. The maximum Gasteiger partial charge on any atom is 0.246 e. The van der Waals surface area contributed by atoms with E-state index in [2.05, 4.69) is 28.2 Å². The summed E-state index contributed by atoms with van der Waals surface area (Å²) in [6.07, 6.45) is 22.2. The van der Waals surface area contributed by atoms with Crippen LogP contribution >= 0.6 is 0 Å². The van der Waals surface area contributed by atoms with Crippen molar-refractivity contribution in [1.82, 2.24) is 26.2 Å². The van der Waals surface area contributed by atoms with Crippen LogP contribution in [0.5, 0.6) is 0 Å². The highest BCUT2D eigenvalue weighted by Crippen LogP contribution is 2.31. The number of nitrogens with one attached hydrogen (secondary N) is 4. The van der Waals surface area contributed by atoms with Gasteiger partial charge in [-0.3, -0.25) is 24.0 Å². The molecule has 0 radical (unpaired) electrons. The SMILES string of the molecule is CCCCCCCCCCCCCCCCNC(=O)C(CCC(N)=O)NC(=O)C1CCC2CCCCC(NC(=O)C(Cc3ccc(C)cc3)NC)C(=O)N21. The highest BCUT2D eigenvalue weighted by Gasteiger charge is 2.44. The van der Waals surface area contributed by atoms with E-state index in [0.29, 0.717) is 32.2 Å². The van der Waals surface area contributed by atoms with Gasteiger partial charge in [0.2, 0.25) is 29.5 Å². The average molecular weight is 753 g/mol. The first-order valence-corrected chi connectivity index (χ1v) is 21.4. The molecular formula is C43H72N6O5. The van der Waals surface area contributed by atoms with Crippen LogP contribution in [0, 0.1) is 6.92 Å². The topological polar surface area (TPSA) is 163 Å². The number of unbranched alkanes of at least 4 members (excludes halogenated alkanes) is 13. The summed E-state index contributed by atoms with van der Waals surface area (Å²) in [5, 5.41) is 11.9. The molecule has 2 fully saturated rings. The van der Waals surface area contributed by atoms with E-state index in [-0.39, 0.29) is 36.6 Å². The van der Waals surface area contributed by atoms with Gasteiger partial charge in [-0.1, -0.05) is 133 Å². The fourth-order valence-corrected chi connectivity index (χ4v) is 7.96. The van der Waals surface area contributed by atoms with Gasteiger partial charge < -0.3 is 31.9 Å². The van der Waals surface area contributed by atoms with Gasteiger partial charge in [-0.15, -0.1) is 0 Å². The average Bonchev–Trinajstić information content (AvgIpc) is 3.58. The van der Waals surface area contributed by atoms with Crippen molar-refractivity contribution >= 4 is 29.5 Å². The first-order valence-electron chi connectivity index (χ1n) is 21.4. The van der Waals surface area contributed by atoms with Crippen molar-refractivity contribution in [1.29, 1.82) is 0 Å². The Hall–Kier alpha value is -3.47. The number of likely N-dealkylation sites (N-methyl/N-ethyl adjacent to an activating group) is 1. The minimum Gasteiger partial charge on any atom is -0.370 e. The molecule has 2 aliphatic rings. The molecule has 3 rings (SSSR count). The summed E-state index contributed by atoms with van der Waals surface area (Å²) < 4.78 is 0. The van der Waals surface area contributed by atoms with E-state index in [1.165, 1.54) is 70.6 Å². The van der Waals surface area contributed by atoms with Crippen LogP contribution in [0.25, 0.3) is 0 Å². The van der Waals surface area contributed by atoms with Crippen LogP contribution in [-0.2, 0) is 30.4 Å². The highest BCUT2D eigenvalue weighted by atomic mass is 16.2. The summed E-state index contributed by atoms with van der Waals surface area (Å²) in [5.41, 5.74) is 7.59. The van der Waals surface area contributed by atoms with E-state index < -0.39 is 36.0 Å². The van der Waals surface area contributed by atoms with Gasteiger partial charge in [0.1, 0.15) is 18.1 Å². The Kier molecular flexibility index (Phi) is 21.3. The first kappa shape index (κ1) is 44.9. The van der Waals surface area contributed by atoms with Gasteiger partial charge in [0.15, 0.2) is 0 Å². The van der Waals surface area contributed by atoms with Crippen LogP contribution in [0.15, 0.2) is 24.3 Å². The summed E-state index contributed by atoms with van der Waals surface area (Å²) in [5.74, 6) is -1.81. The Morgan fingerprint density at radius 3 is 1.96 bits per heavy atom. The van der Waals surface area contributed by atoms with Gasteiger partial charge in [0.05, 0.1) is 6.04 Å². The number of hydrogen-bond donors (Lipinski definition) is 5. The van der Waals surface area contributed by atoms with Crippen LogP contribution < -0.4 is 27.0 Å². The molecule has 2 heterocycles. The van der Waals surface area contributed by atoms with E-state index in [1.54, 1.807) is 11.9 Å². The van der Waals surface area contributed by atoms with E-state index in [0.717, 1.165) is 49.7 Å². The molecule has 2 saturated heterocycles. The molecule has 11 nitrogen and oxygen atoms in total. The van der Waals surface area contributed by atoms with Gasteiger partial charge >= 0.3 is 0 Å². The molecule has 0 aromatic heterocycles. The standard InChI is InChI=1S/C43H72N6O5/c1-4-5-6-7-8-9-10-11-12-13-14-15-16-19-30-46-40(51)35(27-29-39(44)50)47-42(53)38-28-26-34-20-17-18-21-36(43(54)49(34)38)48-41(52)37(45-3)31-33-24-22-32(2)23-25-33/h22-25,34-38,45H,4-21,26-31H2,1-3H3,(H2,44,50)(H,46,51)(H,47,53)(H,48,52). The number of amides is 5. The number of carbonyl (C=O) groups is 5. The molecule has 2 aliphatic heterocycles. The number of benzene rings is 1. The quantitative estimate of drug-likeness (QED) is 0.0742. The molecule has 5 amide bonds. The van der Waals surface area contributed by atoms with E-state index in [1.807, 2.05) is 31.2 Å². The van der Waals surface area contributed by atoms with Crippen molar-refractivity contribution in [3.8, 4) is 0 Å². The maximum atomic E-state index is 14.1. The Balaban J connectivity index is 1.48. The van der Waals surface area contributed by atoms with Crippen LogP contribution in [-0.4, -0.2) is 78.2 Å². The minimum absolute atomic E-state index is 0.0452. The Morgan fingerprint density at radius 1 is 0.778 bits per heavy atom. The zero-order chi connectivity index (χ0) is 39.1. The van der Waals surface area contributed by atoms with Crippen molar-refractivity contribution in [2.75, 3.05) is 13.6 Å². The lowest BCUT2D eigenvalue weighted by atomic mass is 9.98. The van der Waals surface area contributed by atoms with Gasteiger partial charge in [0, 0.05) is 19.0 Å². The Labute approximate surface area is 325 Å². The Morgan fingerprint density at radius 2 is 1.37 bits per heavy atom. The highest BCUT2D eigenvalue weighted by molar-refractivity contribution is 5.95. The summed E-state index contributed by atoms with van der Waals surface area (Å²) in [7, 11) is 1.74. The third-order valence-electron chi connectivity index (χ3n) is 11.3. The van der Waals surface area contributed by atoms with Crippen LogP contribution in [0.2, 0.25) is 0 Å². The summed E-state index contributed by atoms with van der Waals surface area (Å²) in [6.45, 7) is 4.77. The minimum atomic E-state index is -0.936. The molecule has 11 heteroatoms. The number of carbonyl (C=O) groups excluding carboxylic acids is 5. The monoisotopic (exact) mass is 753 g/mol. The molecule has 0 bridgehead atoms. The van der Waals surface area contributed by atoms with E-state index in [9.17, 15) is 24.0 Å². The Bertz CT molecular complexity index is 1290. The summed E-state index contributed by atoms with van der Waals surface area (Å²) in [6, 6.07) is 4.96. The molecule has 1 aromatic rings. The van der Waals surface area contributed by atoms with Gasteiger partial charge in [0.25, 0.3) is 0 Å². The second-order valence-electron chi connectivity index (χ2n) is 15.8. The normalized spacial score (nSPS) is 19.6. The van der Waals surface area contributed by atoms with Crippen molar-refractivity contribution in [2.24, 2.45) is 5.73 Å². The number of fused-ring (bicyclic) bond motifs is 1. The third-order valence-corrected chi connectivity index (χ3v) is 11.3. The number of aryl methyl sites for hydroxylation is 1. The number of nitrogens with two attached hydrogens (primary N) is 1. The van der Waals surface area contributed by atoms with Gasteiger partial charge in [-0.25, -0.2) is 0 Å². The van der Waals surface area contributed by atoms with Crippen molar-refractivity contribution < 1.29 is 24.0 Å². The van der Waals surface area contributed by atoms with E-state index in [4.69, 9.17) is 5.73 Å². The number of hydrogen-bond acceptors (Lipinski definition) is 6. The molecule has 5 atom stereocenters. The molecule has 0 spiro atoms. The maximum absolute atomic E-state index is 14.1. The fraction of sp³-hybridized carbons (Fsp3) is 0.744. The molecule has 1 aromatic carbocycles. The van der Waals surface area contributed by atoms with E-state index >= 15 is 0 Å². The predicted octanol–water partition coefficient (Wildman–Crippen LogP) is 5.89. The molecule has 304 valence electrons. The molecule has 5 unspecified atom stereocenters. The lowest BCUT2D eigenvalue weighted by Gasteiger charge is -2.36. The molecule has 0 aliphatic carbocycles. The second-order valence-corrected chi connectivity index (χ2v) is 15.8. The summed E-state index contributed by atoms with van der Waals surface area (Å²) in [4.78, 5) is 68.0. The third kappa shape index (κ3) is 16.1. The van der Waals surface area contributed by atoms with Crippen LogP contribution in [0.4, 0.5) is 0 Å². The van der Waals surface area contributed by atoms with Crippen molar-refractivity contribution in [3.63, 3.8) is 0 Å². The smallest absolute Gasteiger partial charge is 0.246 e. The second kappa shape index (κ2) is 25.6. The van der Waals surface area contributed by atoms with Crippen LogP contribution in [0.1, 0.15) is 159 Å². The van der Waals surface area contributed by atoms with Crippen molar-refractivity contribution in [3.05, 3.63) is 35.4 Å². The van der Waals surface area contributed by atoms with Gasteiger partial charge in [-0.05, 0) is 64.5 Å². The lowest BCUT2D eigenvalue weighted by molar-refractivity contribution is -0.145. The molecular weight excluding hydrogens is 681 g/mol. The fourth-order valence-electron chi connectivity index (χ4n) is 7.96. The summed E-state index contributed by atoms with van der Waals surface area (Å²) >= 11 is 0. The van der Waals surface area contributed by atoms with Crippen molar-refractivity contribution in [2.45, 2.75) is 192 Å². The zero-order valence-electron chi connectivity index (χ0n) is 33.7. The number of primary amides is 1. The number of rotatable bonds is 26. The predicted molar refractivity (Wildman–Crippen MR) is 215 cm³/mol. The van der Waals surface area contributed by atoms with Gasteiger partial charge in [-0.2, -0.15) is 0 Å². The number of nitrogens with zero attached hydrogens (tertiary/aromatic N) is 1.